The highest BCUT2D eigenvalue weighted by Gasteiger charge is 2.46. The molecule has 0 radical (unpaired) electrons. The van der Waals surface area contributed by atoms with Crippen molar-refractivity contribution in [3.8, 4) is 0 Å². The maximum Gasteiger partial charge on any atom is 0.308 e. The zero-order chi connectivity index (χ0) is 21.8. The van der Waals surface area contributed by atoms with Crippen molar-refractivity contribution in [2.75, 3.05) is 5.32 Å². The second-order valence-electron chi connectivity index (χ2n) is 7.64. The van der Waals surface area contributed by atoms with Crippen LogP contribution in [0.4, 0.5) is 5.69 Å². The number of hydrogen-bond donors (Lipinski definition) is 2. The standard InChI is InChI=1S/C26H22ClNO3/c27-19-11-13-20(14-12-19)28-25(29)23-21(17-7-3-1-4-8-17)15-16-22(24(23)26(30)31)18-9-5-2-6-10-18/h1-16,21-24H,(H,28,29)(H,30,31)/t21-,22-,23-,24+/m0/s1. The third-order valence-corrected chi connectivity index (χ3v) is 6.01. The molecule has 0 saturated carbocycles. The molecule has 0 aliphatic heterocycles. The van der Waals surface area contributed by atoms with E-state index in [0.717, 1.165) is 11.1 Å². The van der Waals surface area contributed by atoms with E-state index in [2.05, 4.69) is 5.32 Å². The van der Waals surface area contributed by atoms with Crippen LogP contribution in [0.3, 0.4) is 0 Å². The number of hydrogen-bond acceptors (Lipinski definition) is 2. The molecule has 4 nitrogen and oxygen atoms in total. The van der Waals surface area contributed by atoms with Crippen LogP contribution in [0.15, 0.2) is 97.1 Å². The molecular weight excluding hydrogens is 410 g/mol. The zero-order valence-electron chi connectivity index (χ0n) is 16.7. The number of carboxylic acid groups (broad SMARTS) is 1. The third kappa shape index (κ3) is 4.54. The van der Waals surface area contributed by atoms with Crippen molar-refractivity contribution in [3.63, 3.8) is 0 Å². The van der Waals surface area contributed by atoms with Gasteiger partial charge >= 0.3 is 5.97 Å². The van der Waals surface area contributed by atoms with Crippen LogP contribution >= 0.6 is 11.6 Å². The van der Waals surface area contributed by atoms with Crippen LogP contribution in [0.5, 0.6) is 0 Å². The lowest BCUT2D eigenvalue weighted by Gasteiger charge is -2.37. The van der Waals surface area contributed by atoms with Crippen LogP contribution in [0, 0.1) is 11.8 Å². The fraction of sp³-hybridized carbons (Fsp3) is 0.154. The maximum atomic E-state index is 13.5. The predicted molar refractivity (Wildman–Crippen MR) is 122 cm³/mol. The van der Waals surface area contributed by atoms with Gasteiger partial charge in [-0.3, -0.25) is 9.59 Å². The molecule has 5 heteroatoms. The normalized spacial score (nSPS) is 22.6. The molecule has 1 aliphatic rings. The topological polar surface area (TPSA) is 66.4 Å². The monoisotopic (exact) mass is 431 g/mol. The van der Waals surface area contributed by atoms with Gasteiger partial charge in [0.05, 0.1) is 11.8 Å². The van der Waals surface area contributed by atoms with Gasteiger partial charge in [0, 0.05) is 22.5 Å². The van der Waals surface area contributed by atoms with Crippen molar-refractivity contribution >= 4 is 29.2 Å². The van der Waals surface area contributed by atoms with Crippen molar-refractivity contribution < 1.29 is 14.7 Å². The Hall–Kier alpha value is -3.37. The summed E-state index contributed by atoms with van der Waals surface area (Å²) in [6, 6.07) is 25.8. The molecule has 0 fully saturated rings. The van der Waals surface area contributed by atoms with E-state index in [1.54, 1.807) is 24.3 Å². The average molecular weight is 432 g/mol. The van der Waals surface area contributed by atoms with Crippen molar-refractivity contribution in [1.29, 1.82) is 0 Å². The van der Waals surface area contributed by atoms with Crippen molar-refractivity contribution in [2.24, 2.45) is 11.8 Å². The molecule has 156 valence electrons. The first-order valence-electron chi connectivity index (χ1n) is 10.1. The summed E-state index contributed by atoms with van der Waals surface area (Å²) in [7, 11) is 0. The highest BCUT2D eigenvalue weighted by atomic mass is 35.5. The zero-order valence-corrected chi connectivity index (χ0v) is 17.4. The number of nitrogens with one attached hydrogen (secondary N) is 1. The lowest BCUT2D eigenvalue weighted by molar-refractivity contribution is -0.147. The summed E-state index contributed by atoms with van der Waals surface area (Å²) in [4.78, 5) is 26.0. The van der Waals surface area contributed by atoms with Gasteiger partial charge in [0.1, 0.15) is 0 Å². The second kappa shape index (κ2) is 9.19. The number of carboxylic acids is 1. The first kappa shape index (κ1) is 20.9. The summed E-state index contributed by atoms with van der Waals surface area (Å²) in [6.45, 7) is 0. The largest absolute Gasteiger partial charge is 0.481 e. The van der Waals surface area contributed by atoms with Crippen molar-refractivity contribution in [3.05, 3.63) is 113 Å². The third-order valence-electron chi connectivity index (χ3n) is 5.76. The Morgan fingerprint density at radius 3 is 1.68 bits per heavy atom. The summed E-state index contributed by atoms with van der Waals surface area (Å²) in [5.41, 5.74) is 2.37. The van der Waals surface area contributed by atoms with Gasteiger partial charge in [-0.15, -0.1) is 0 Å². The SMILES string of the molecule is O=C(Nc1ccc(Cl)cc1)[C@@H]1[C@H](C(=O)O)[C@H](c2ccccc2)C=C[C@H]1c1ccccc1. The van der Waals surface area contributed by atoms with Gasteiger partial charge in [0.2, 0.25) is 5.91 Å². The molecule has 1 amide bonds. The molecule has 0 heterocycles. The first-order valence-corrected chi connectivity index (χ1v) is 10.5. The Bertz CT molecular complexity index is 1080. The number of benzene rings is 3. The van der Waals surface area contributed by atoms with Crippen LogP contribution in [-0.2, 0) is 9.59 Å². The highest BCUT2D eigenvalue weighted by Crippen LogP contribution is 2.45. The molecule has 4 atom stereocenters. The highest BCUT2D eigenvalue weighted by molar-refractivity contribution is 6.30. The smallest absolute Gasteiger partial charge is 0.308 e. The summed E-state index contributed by atoms with van der Waals surface area (Å²) < 4.78 is 0. The number of carbonyl (C=O) groups is 2. The molecular formula is C26H22ClNO3. The van der Waals surface area contributed by atoms with Gasteiger partial charge in [-0.2, -0.15) is 0 Å². The summed E-state index contributed by atoms with van der Waals surface area (Å²) in [6.07, 6.45) is 3.90. The van der Waals surface area contributed by atoms with Gasteiger partial charge < -0.3 is 10.4 Å². The molecule has 31 heavy (non-hydrogen) atoms. The lowest BCUT2D eigenvalue weighted by Crippen LogP contribution is -2.42. The van der Waals surface area contributed by atoms with E-state index in [1.807, 2.05) is 72.8 Å². The van der Waals surface area contributed by atoms with E-state index >= 15 is 0 Å². The summed E-state index contributed by atoms with van der Waals surface area (Å²) in [5.74, 6) is -3.77. The minimum absolute atomic E-state index is 0.325. The number of rotatable bonds is 5. The van der Waals surface area contributed by atoms with Gasteiger partial charge in [-0.05, 0) is 35.4 Å². The van der Waals surface area contributed by atoms with E-state index in [9.17, 15) is 14.7 Å². The van der Waals surface area contributed by atoms with E-state index in [-0.39, 0.29) is 11.8 Å². The second-order valence-corrected chi connectivity index (χ2v) is 8.08. The van der Waals surface area contributed by atoms with Crippen LogP contribution in [0.1, 0.15) is 23.0 Å². The van der Waals surface area contributed by atoms with Gasteiger partial charge in [-0.25, -0.2) is 0 Å². The van der Waals surface area contributed by atoms with Crippen molar-refractivity contribution in [2.45, 2.75) is 11.8 Å². The molecule has 3 aromatic rings. The predicted octanol–water partition coefficient (Wildman–Crippen LogP) is 5.73. The fourth-order valence-corrected chi connectivity index (χ4v) is 4.43. The van der Waals surface area contributed by atoms with Crippen LogP contribution in [0.2, 0.25) is 5.02 Å². The molecule has 0 bridgehead atoms. The molecule has 0 aromatic heterocycles. The number of aliphatic carboxylic acids is 1. The van der Waals surface area contributed by atoms with Crippen molar-refractivity contribution in [1.82, 2.24) is 0 Å². The molecule has 0 saturated heterocycles. The molecule has 0 spiro atoms. The maximum absolute atomic E-state index is 13.5. The number of anilines is 1. The lowest BCUT2D eigenvalue weighted by atomic mass is 9.66. The van der Waals surface area contributed by atoms with Crippen LogP contribution < -0.4 is 5.32 Å². The molecule has 3 aromatic carbocycles. The quantitative estimate of drug-likeness (QED) is 0.507. The van der Waals surface area contributed by atoms with Gasteiger partial charge in [0.15, 0.2) is 0 Å². The Labute approximate surface area is 186 Å². The number of allylic oxidation sites excluding steroid dienone is 2. The molecule has 2 N–H and O–H groups in total. The Kier molecular flexibility index (Phi) is 6.19. The minimum Gasteiger partial charge on any atom is -0.481 e. The molecule has 4 rings (SSSR count). The van der Waals surface area contributed by atoms with Gasteiger partial charge in [0.25, 0.3) is 0 Å². The Morgan fingerprint density at radius 2 is 1.19 bits per heavy atom. The summed E-state index contributed by atoms with van der Waals surface area (Å²) in [5, 5.41) is 13.7. The first-order chi connectivity index (χ1) is 15.0. The van der Waals surface area contributed by atoms with Crippen LogP contribution in [-0.4, -0.2) is 17.0 Å². The van der Waals surface area contributed by atoms with Crippen LogP contribution in [0.25, 0.3) is 0 Å². The van der Waals surface area contributed by atoms with E-state index in [0.29, 0.717) is 10.7 Å². The van der Waals surface area contributed by atoms with E-state index in [1.165, 1.54) is 0 Å². The number of halogens is 1. The number of amides is 1. The van der Waals surface area contributed by atoms with Gasteiger partial charge in [-0.1, -0.05) is 84.4 Å². The average Bonchev–Trinajstić information content (AvgIpc) is 2.80. The minimum atomic E-state index is -0.990. The Morgan fingerprint density at radius 1 is 0.710 bits per heavy atom. The molecule has 1 aliphatic carbocycles. The fourth-order valence-electron chi connectivity index (χ4n) is 4.31. The Balaban J connectivity index is 1.76. The molecule has 0 unspecified atom stereocenters. The number of carbonyl (C=O) groups excluding carboxylic acids is 1. The van der Waals surface area contributed by atoms with E-state index in [4.69, 9.17) is 11.6 Å². The summed E-state index contributed by atoms with van der Waals surface area (Å²) >= 11 is 5.95. The van der Waals surface area contributed by atoms with E-state index < -0.39 is 23.7 Å².